The monoisotopic (exact) mass is 388 g/mol. The van der Waals surface area contributed by atoms with Gasteiger partial charge in [0.15, 0.2) is 16.9 Å². The van der Waals surface area contributed by atoms with Crippen molar-refractivity contribution in [2.24, 2.45) is 0 Å². The number of hydrogen-bond acceptors (Lipinski definition) is 6. The van der Waals surface area contributed by atoms with Crippen molar-refractivity contribution in [3.63, 3.8) is 0 Å². The molecule has 7 heteroatoms. The highest BCUT2D eigenvalue weighted by Gasteiger charge is 2.19. The van der Waals surface area contributed by atoms with Gasteiger partial charge in [-0.2, -0.15) is 0 Å². The van der Waals surface area contributed by atoms with E-state index in [0.29, 0.717) is 16.7 Å². The highest BCUT2D eigenvalue weighted by atomic mass is 16.5. The van der Waals surface area contributed by atoms with E-state index >= 15 is 0 Å². The number of benzene rings is 2. The first-order valence-electron chi connectivity index (χ1n) is 8.81. The van der Waals surface area contributed by atoms with Gasteiger partial charge in [0.25, 0.3) is 11.3 Å². The number of fused-ring (bicyclic) bond motifs is 1. The highest BCUT2D eigenvalue weighted by molar-refractivity contribution is 5.94. The fourth-order valence-electron chi connectivity index (χ4n) is 3.00. The van der Waals surface area contributed by atoms with Gasteiger partial charge in [-0.15, -0.1) is 0 Å². The van der Waals surface area contributed by atoms with Crippen LogP contribution < -0.4 is 15.6 Å². The molecule has 2 N–H and O–H groups in total. The van der Waals surface area contributed by atoms with Crippen LogP contribution in [0, 0.1) is 0 Å². The largest absolute Gasteiger partial charge is 0.481 e. The number of rotatable bonds is 5. The minimum Gasteiger partial charge on any atom is -0.481 e. The average molecular weight is 388 g/mol. The van der Waals surface area contributed by atoms with Crippen molar-refractivity contribution in [2.75, 3.05) is 0 Å². The number of nitrogens with one attached hydrogen (secondary N) is 1. The van der Waals surface area contributed by atoms with Gasteiger partial charge in [-0.05, 0) is 18.2 Å². The van der Waals surface area contributed by atoms with E-state index in [2.05, 4.69) is 4.98 Å². The Morgan fingerprint density at radius 3 is 2.59 bits per heavy atom. The van der Waals surface area contributed by atoms with Gasteiger partial charge in [0, 0.05) is 22.9 Å². The summed E-state index contributed by atoms with van der Waals surface area (Å²) in [7, 11) is 0. The Morgan fingerprint density at radius 1 is 1.03 bits per heavy atom. The topological polar surface area (TPSA) is 102 Å². The summed E-state index contributed by atoms with van der Waals surface area (Å²) in [6.07, 6.45) is 1.51. The molecule has 2 heterocycles. The molecule has 29 heavy (non-hydrogen) atoms. The summed E-state index contributed by atoms with van der Waals surface area (Å²) < 4.78 is 11.8. The number of hydroxylamine groups is 1. The van der Waals surface area contributed by atoms with Crippen LogP contribution in [0.3, 0.4) is 0 Å². The molecule has 4 aromatic rings. The highest BCUT2D eigenvalue weighted by Crippen LogP contribution is 2.30. The minimum absolute atomic E-state index is 0.00149. The second-order valence-corrected chi connectivity index (χ2v) is 6.19. The molecular weight excluding hydrogens is 372 g/mol. The van der Waals surface area contributed by atoms with Crippen molar-refractivity contribution in [2.45, 2.75) is 6.61 Å². The maximum atomic E-state index is 13.1. The van der Waals surface area contributed by atoms with Crippen molar-refractivity contribution in [1.29, 1.82) is 0 Å². The van der Waals surface area contributed by atoms with E-state index in [-0.39, 0.29) is 29.2 Å². The third-order valence-electron chi connectivity index (χ3n) is 4.38. The van der Waals surface area contributed by atoms with Crippen LogP contribution in [0.2, 0.25) is 0 Å². The summed E-state index contributed by atoms with van der Waals surface area (Å²) in [5.74, 6) is -0.388. The molecule has 4 rings (SSSR count). The fourth-order valence-corrected chi connectivity index (χ4v) is 3.00. The molecule has 2 aromatic carbocycles. The SMILES string of the molecule is O=C(NO)c1ccccc1COc1c(-c2ccccc2)oc2cccnc2c1=O. The molecule has 0 spiro atoms. The lowest BCUT2D eigenvalue weighted by molar-refractivity contribution is 0.0703. The number of amides is 1. The molecule has 1 amide bonds. The third kappa shape index (κ3) is 3.59. The molecule has 7 nitrogen and oxygen atoms in total. The maximum Gasteiger partial charge on any atom is 0.275 e. The van der Waals surface area contributed by atoms with Crippen LogP contribution in [0.25, 0.3) is 22.4 Å². The van der Waals surface area contributed by atoms with Gasteiger partial charge in [0.2, 0.25) is 5.75 Å². The molecule has 0 unspecified atom stereocenters. The lowest BCUT2D eigenvalue weighted by Gasteiger charge is -2.13. The second-order valence-electron chi connectivity index (χ2n) is 6.19. The van der Waals surface area contributed by atoms with Crippen molar-refractivity contribution < 1.29 is 19.2 Å². The first kappa shape index (κ1) is 18.4. The van der Waals surface area contributed by atoms with Crippen LogP contribution in [0.15, 0.2) is 82.1 Å². The van der Waals surface area contributed by atoms with Crippen molar-refractivity contribution >= 4 is 17.0 Å². The molecule has 0 aliphatic rings. The molecule has 0 aliphatic carbocycles. The van der Waals surface area contributed by atoms with Gasteiger partial charge in [0.05, 0.1) is 0 Å². The maximum absolute atomic E-state index is 13.1. The van der Waals surface area contributed by atoms with Gasteiger partial charge in [-0.1, -0.05) is 48.5 Å². The smallest absolute Gasteiger partial charge is 0.275 e. The van der Waals surface area contributed by atoms with Gasteiger partial charge in [-0.3, -0.25) is 14.8 Å². The summed E-state index contributed by atoms with van der Waals surface area (Å²) in [6.45, 7) is -0.0769. The standard InChI is InChI=1S/C22H16N2O5/c25-19-18-17(11-6-12-23-18)29-20(14-7-2-1-3-8-14)21(19)28-13-15-9-4-5-10-16(15)22(26)24-27/h1-12,27H,13H2,(H,24,26). The summed E-state index contributed by atoms with van der Waals surface area (Å²) in [5, 5.41) is 8.94. The first-order valence-corrected chi connectivity index (χ1v) is 8.81. The lowest BCUT2D eigenvalue weighted by atomic mass is 10.1. The first-order chi connectivity index (χ1) is 14.2. The number of carbonyl (C=O) groups excluding carboxylic acids is 1. The number of hydrogen-bond donors (Lipinski definition) is 2. The summed E-state index contributed by atoms with van der Waals surface area (Å²) in [5.41, 5.74) is 3.11. The zero-order valence-corrected chi connectivity index (χ0v) is 15.2. The minimum atomic E-state index is -0.667. The zero-order valence-electron chi connectivity index (χ0n) is 15.2. The Hall–Kier alpha value is -3.97. The predicted molar refractivity (Wildman–Crippen MR) is 106 cm³/mol. The average Bonchev–Trinajstić information content (AvgIpc) is 2.78. The van der Waals surface area contributed by atoms with Crippen LogP contribution in [-0.2, 0) is 6.61 Å². The zero-order chi connectivity index (χ0) is 20.2. The molecule has 0 saturated heterocycles. The van der Waals surface area contributed by atoms with Crippen molar-refractivity contribution in [1.82, 2.24) is 10.5 Å². The molecular formula is C22H16N2O5. The van der Waals surface area contributed by atoms with E-state index in [0.717, 1.165) is 0 Å². The molecule has 2 aromatic heterocycles. The lowest BCUT2D eigenvalue weighted by Crippen LogP contribution is -2.21. The van der Waals surface area contributed by atoms with E-state index < -0.39 is 11.3 Å². The van der Waals surface area contributed by atoms with Gasteiger partial charge < -0.3 is 9.15 Å². The molecule has 0 fully saturated rings. The van der Waals surface area contributed by atoms with Crippen molar-refractivity contribution in [3.8, 4) is 17.1 Å². The Kier molecular flexibility index (Phi) is 5.05. The van der Waals surface area contributed by atoms with E-state index in [4.69, 9.17) is 14.4 Å². The second kappa shape index (κ2) is 7.95. The van der Waals surface area contributed by atoms with Gasteiger partial charge in [-0.25, -0.2) is 10.5 Å². The molecule has 0 bridgehead atoms. The fraction of sp³-hybridized carbons (Fsp3) is 0.0455. The molecule has 0 radical (unpaired) electrons. The van der Waals surface area contributed by atoms with E-state index in [1.54, 1.807) is 54.0 Å². The van der Waals surface area contributed by atoms with Crippen LogP contribution in [0.1, 0.15) is 15.9 Å². The van der Waals surface area contributed by atoms with Gasteiger partial charge >= 0.3 is 0 Å². The molecule has 0 saturated carbocycles. The van der Waals surface area contributed by atoms with E-state index in [1.165, 1.54) is 6.20 Å². The Morgan fingerprint density at radius 2 is 1.79 bits per heavy atom. The van der Waals surface area contributed by atoms with Crippen LogP contribution in [0.4, 0.5) is 0 Å². The third-order valence-corrected chi connectivity index (χ3v) is 4.38. The number of aromatic nitrogens is 1. The molecule has 0 aliphatic heterocycles. The van der Waals surface area contributed by atoms with E-state index in [9.17, 15) is 9.59 Å². The van der Waals surface area contributed by atoms with Crippen molar-refractivity contribution in [3.05, 3.63) is 94.3 Å². The van der Waals surface area contributed by atoms with E-state index in [1.807, 2.05) is 18.2 Å². The normalized spacial score (nSPS) is 10.7. The van der Waals surface area contributed by atoms with Crippen LogP contribution >= 0.6 is 0 Å². The summed E-state index contributed by atoms with van der Waals surface area (Å²) >= 11 is 0. The molecule has 144 valence electrons. The van der Waals surface area contributed by atoms with Crippen LogP contribution in [0.5, 0.6) is 5.75 Å². The Bertz CT molecular complexity index is 1230. The summed E-state index contributed by atoms with van der Waals surface area (Å²) in [6, 6.07) is 19.1. The number of ether oxygens (including phenoxy) is 1. The Balaban J connectivity index is 1.81. The number of pyridine rings is 1. The quantitative estimate of drug-likeness (QED) is 0.400. The number of nitrogens with zero attached hydrogens (tertiary/aromatic N) is 1. The van der Waals surface area contributed by atoms with Crippen LogP contribution in [-0.4, -0.2) is 16.1 Å². The number of carbonyl (C=O) groups is 1. The Labute approximate surface area is 165 Å². The molecule has 0 atom stereocenters. The summed E-state index contributed by atoms with van der Waals surface area (Å²) in [4.78, 5) is 29.0. The van der Waals surface area contributed by atoms with Gasteiger partial charge in [0.1, 0.15) is 6.61 Å². The predicted octanol–water partition coefficient (Wildman–Crippen LogP) is 3.55.